The first-order valence-corrected chi connectivity index (χ1v) is 10.7. The minimum Gasteiger partial charge on any atom is -0.356 e. The fourth-order valence-electron chi connectivity index (χ4n) is 3.75. The molecule has 0 aliphatic carbocycles. The molecule has 0 spiro atoms. The quantitative estimate of drug-likeness (QED) is 0.621. The van der Waals surface area contributed by atoms with E-state index in [1.807, 2.05) is 0 Å². The first-order chi connectivity index (χ1) is 15.3. The van der Waals surface area contributed by atoms with Crippen molar-refractivity contribution in [1.29, 1.82) is 0 Å². The SMILES string of the molecule is CC(=O)N1CCCN(C(=O)[C@H](C)Nc2nc(-c3c[nH]c4ncc(Cl)cc34)ncc2F)CC1. The van der Waals surface area contributed by atoms with Crippen LogP contribution in [-0.4, -0.2) is 73.8 Å². The second-order valence-corrected chi connectivity index (χ2v) is 8.13. The molecule has 3 aromatic heterocycles. The molecule has 3 aromatic rings. The molecule has 4 heterocycles. The average Bonchev–Trinajstić information content (AvgIpc) is 3.01. The second-order valence-electron chi connectivity index (χ2n) is 7.69. The third-order valence-corrected chi connectivity index (χ3v) is 5.67. The van der Waals surface area contributed by atoms with Gasteiger partial charge in [0.25, 0.3) is 0 Å². The van der Waals surface area contributed by atoms with E-state index in [-0.39, 0.29) is 23.5 Å². The summed E-state index contributed by atoms with van der Waals surface area (Å²) in [5, 5.41) is 4.04. The monoisotopic (exact) mass is 459 g/mol. The third-order valence-electron chi connectivity index (χ3n) is 5.46. The van der Waals surface area contributed by atoms with E-state index < -0.39 is 11.9 Å². The number of nitrogens with one attached hydrogen (secondary N) is 2. The van der Waals surface area contributed by atoms with E-state index in [0.29, 0.717) is 54.2 Å². The van der Waals surface area contributed by atoms with Gasteiger partial charge in [0.1, 0.15) is 11.7 Å². The van der Waals surface area contributed by atoms with Crippen molar-refractivity contribution in [3.05, 3.63) is 35.5 Å². The lowest BCUT2D eigenvalue weighted by Gasteiger charge is -2.25. The number of aromatic nitrogens is 4. The maximum Gasteiger partial charge on any atom is 0.244 e. The van der Waals surface area contributed by atoms with Gasteiger partial charge in [-0.2, -0.15) is 0 Å². The summed E-state index contributed by atoms with van der Waals surface area (Å²) in [5.41, 5.74) is 1.23. The Hall–Kier alpha value is -3.27. The third kappa shape index (κ3) is 4.50. The van der Waals surface area contributed by atoms with Gasteiger partial charge in [0.15, 0.2) is 17.5 Å². The van der Waals surface area contributed by atoms with Crippen molar-refractivity contribution in [3.8, 4) is 11.4 Å². The fraction of sp³-hybridized carbons (Fsp3) is 0.381. The highest BCUT2D eigenvalue weighted by Gasteiger charge is 2.25. The summed E-state index contributed by atoms with van der Waals surface area (Å²) in [6, 6.07) is 1.01. The number of carbonyl (C=O) groups excluding carboxylic acids is 2. The number of halogens is 2. The van der Waals surface area contributed by atoms with Crippen LogP contribution in [0.2, 0.25) is 5.02 Å². The lowest BCUT2D eigenvalue weighted by atomic mass is 10.2. The molecule has 1 aliphatic heterocycles. The van der Waals surface area contributed by atoms with Gasteiger partial charge in [-0.1, -0.05) is 11.6 Å². The van der Waals surface area contributed by atoms with E-state index >= 15 is 0 Å². The van der Waals surface area contributed by atoms with E-state index in [2.05, 4.69) is 25.3 Å². The van der Waals surface area contributed by atoms with Crippen LogP contribution in [0.1, 0.15) is 20.3 Å². The van der Waals surface area contributed by atoms with Crippen LogP contribution in [0.3, 0.4) is 0 Å². The first-order valence-electron chi connectivity index (χ1n) is 10.3. The van der Waals surface area contributed by atoms with Crippen molar-refractivity contribution in [2.75, 3.05) is 31.5 Å². The average molecular weight is 460 g/mol. The molecule has 9 nitrogen and oxygen atoms in total. The van der Waals surface area contributed by atoms with Crippen LogP contribution in [-0.2, 0) is 9.59 Å². The van der Waals surface area contributed by atoms with Crippen LogP contribution < -0.4 is 5.32 Å². The van der Waals surface area contributed by atoms with Crippen LogP contribution in [0.5, 0.6) is 0 Å². The molecule has 1 aliphatic rings. The molecule has 0 unspecified atom stereocenters. The standard InChI is InChI=1S/C21H23ClFN7O2/c1-12(21(32)30-5-3-4-29(6-7-30)13(2)31)27-20-17(23)11-26-19(28-20)16-10-25-18-15(16)8-14(22)9-24-18/h8-12H,3-7H2,1-2H3,(H,24,25)(H,26,27,28)/t12-/m0/s1. The van der Waals surface area contributed by atoms with Gasteiger partial charge in [-0.3, -0.25) is 9.59 Å². The predicted octanol–water partition coefficient (Wildman–Crippen LogP) is 2.69. The van der Waals surface area contributed by atoms with Crippen LogP contribution in [0.25, 0.3) is 22.4 Å². The number of pyridine rings is 1. The smallest absolute Gasteiger partial charge is 0.244 e. The Morgan fingerprint density at radius 2 is 1.94 bits per heavy atom. The Kier molecular flexibility index (Phi) is 6.22. The van der Waals surface area contributed by atoms with Gasteiger partial charge in [0.2, 0.25) is 11.8 Å². The maximum atomic E-state index is 14.5. The number of nitrogens with zero attached hydrogens (tertiary/aromatic N) is 5. The zero-order chi connectivity index (χ0) is 22.8. The van der Waals surface area contributed by atoms with Gasteiger partial charge in [-0.15, -0.1) is 0 Å². The lowest BCUT2D eigenvalue weighted by molar-refractivity contribution is -0.132. The summed E-state index contributed by atoms with van der Waals surface area (Å²) in [4.78, 5) is 43.6. The molecule has 11 heteroatoms. The molecule has 0 radical (unpaired) electrons. The molecular formula is C21H23ClFN7O2. The van der Waals surface area contributed by atoms with Gasteiger partial charge in [0, 0.05) is 56.4 Å². The van der Waals surface area contributed by atoms with Gasteiger partial charge in [-0.05, 0) is 19.4 Å². The number of aromatic amines is 1. The number of H-pyrrole nitrogens is 1. The van der Waals surface area contributed by atoms with Crippen LogP contribution >= 0.6 is 11.6 Å². The number of amides is 2. The number of anilines is 1. The Balaban J connectivity index is 1.52. The minimum absolute atomic E-state index is 0.00479. The van der Waals surface area contributed by atoms with E-state index in [1.54, 1.807) is 29.0 Å². The topological polar surface area (TPSA) is 107 Å². The number of fused-ring (bicyclic) bond motifs is 1. The molecule has 32 heavy (non-hydrogen) atoms. The highest BCUT2D eigenvalue weighted by atomic mass is 35.5. The van der Waals surface area contributed by atoms with E-state index in [9.17, 15) is 14.0 Å². The summed E-state index contributed by atoms with van der Waals surface area (Å²) >= 11 is 6.05. The van der Waals surface area contributed by atoms with Gasteiger partial charge in [-0.25, -0.2) is 19.3 Å². The number of hydrogen-bond acceptors (Lipinski definition) is 6. The fourth-order valence-corrected chi connectivity index (χ4v) is 3.91. The Morgan fingerprint density at radius 3 is 2.72 bits per heavy atom. The van der Waals surface area contributed by atoms with Crippen LogP contribution in [0.15, 0.2) is 24.7 Å². The van der Waals surface area contributed by atoms with Crippen molar-refractivity contribution >= 4 is 40.3 Å². The van der Waals surface area contributed by atoms with Gasteiger partial charge in [0.05, 0.1) is 11.2 Å². The summed E-state index contributed by atoms with van der Waals surface area (Å²) in [5.74, 6) is -0.646. The number of carbonyl (C=O) groups is 2. The normalized spacial score (nSPS) is 15.5. The largest absolute Gasteiger partial charge is 0.356 e. The van der Waals surface area contributed by atoms with Crippen molar-refractivity contribution in [2.45, 2.75) is 26.3 Å². The summed E-state index contributed by atoms with van der Waals surface area (Å²) in [6.07, 6.45) is 4.96. The highest BCUT2D eigenvalue weighted by molar-refractivity contribution is 6.31. The summed E-state index contributed by atoms with van der Waals surface area (Å²) < 4.78 is 14.5. The van der Waals surface area contributed by atoms with Crippen molar-refractivity contribution in [3.63, 3.8) is 0 Å². The molecular weight excluding hydrogens is 437 g/mol. The zero-order valence-electron chi connectivity index (χ0n) is 17.7. The van der Waals surface area contributed by atoms with Crippen molar-refractivity contribution in [2.24, 2.45) is 0 Å². The second kappa shape index (κ2) is 9.07. The molecule has 0 aromatic carbocycles. The Labute approximate surface area is 189 Å². The molecule has 0 saturated carbocycles. The van der Waals surface area contributed by atoms with Gasteiger partial charge >= 0.3 is 0 Å². The molecule has 2 amide bonds. The Morgan fingerprint density at radius 1 is 1.19 bits per heavy atom. The van der Waals surface area contributed by atoms with E-state index in [4.69, 9.17) is 11.6 Å². The molecule has 4 rings (SSSR count). The highest BCUT2D eigenvalue weighted by Crippen LogP contribution is 2.28. The molecule has 0 bridgehead atoms. The Bertz CT molecular complexity index is 1170. The van der Waals surface area contributed by atoms with E-state index in [0.717, 1.165) is 6.20 Å². The summed E-state index contributed by atoms with van der Waals surface area (Å²) in [7, 11) is 0. The van der Waals surface area contributed by atoms with Crippen molar-refractivity contribution in [1.82, 2.24) is 29.7 Å². The minimum atomic E-state index is -0.713. The molecule has 168 valence electrons. The summed E-state index contributed by atoms with van der Waals surface area (Å²) in [6.45, 7) is 5.26. The first kappa shape index (κ1) is 21.9. The molecule has 1 fully saturated rings. The van der Waals surface area contributed by atoms with Crippen molar-refractivity contribution < 1.29 is 14.0 Å². The molecule has 1 atom stereocenters. The molecule has 1 saturated heterocycles. The number of rotatable bonds is 4. The van der Waals surface area contributed by atoms with E-state index in [1.165, 1.54) is 13.1 Å². The lowest BCUT2D eigenvalue weighted by Crippen LogP contribution is -2.43. The number of hydrogen-bond donors (Lipinski definition) is 2. The van der Waals surface area contributed by atoms with Crippen LogP contribution in [0.4, 0.5) is 10.2 Å². The zero-order valence-corrected chi connectivity index (χ0v) is 18.5. The van der Waals surface area contributed by atoms with Crippen LogP contribution in [0, 0.1) is 5.82 Å². The molecule has 2 N–H and O–H groups in total. The predicted molar refractivity (Wildman–Crippen MR) is 119 cm³/mol. The van der Waals surface area contributed by atoms with Gasteiger partial charge < -0.3 is 20.1 Å². The maximum absolute atomic E-state index is 14.5.